The molecule has 0 spiro atoms. The average Bonchev–Trinajstić information content (AvgIpc) is 2.90. The first-order valence-electron chi connectivity index (χ1n) is 12.4. The van der Waals surface area contributed by atoms with Crippen LogP contribution in [0.5, 0.6) is 5.75 Å². The van der Waals surface area contributed by atoms with Crippen LogP contribution in [-0.2, 0) is 32.3 Å². The van der Waals surface area contributed by atoms with Gasteiger partial charge in [-0.1, -0.05) is 32.4 Å². The molecule has 2 heterocycles. The molecule has 0 aromatic heterocycles. The molecular formula is C27H35NO6S. The van der Waals surface area contributed by atoms with Crippen LogP contribution in [0.25, 0.3) is 0 Å². The van der Waals surface area contributed by atoms with Gasteiger partial charge >= 0.3 is 5.97 Å². The number of hydrogen-bond donors (Lipinski definition) is 0. The smallest absolute Gasteiger partial charge is 0.341 e. The van der Waals surface area contributed by atoms with Gasteiger partial charge in [-0.3, -0.25) is 4.31 Å². The van der Waals surface area contributed by atoms with Gasteiger partial charge < -0.3 is 14.2 Å². The Morgan fingerprint density at radius 2 is 1.86 bits per heavy atom. The number of nitrogens with zero attached hydrogens (tertiary/aromatic N) is 1. The third-order valence-electron chi connectivity index (χ3n) is 7.09. The molecule has 2 aromatic rings. The lowest BCUT2D eigenvalue weighted by Gasteiger charge is -2.35. The topological polar surface area (TPSA) is 82.1 Å². The van der Waals surface area contributed by atoms with E-state index in [0.717, 1.165) is 37.7 Å². The van der Waals surface area contributed by atoms with E-state index in [2.05, 4.69) is 19.9 Å². The lowest BCUT2D eigenvalue weighted by molar-refractivity contribution is 0.0483. The highest BCUT2D eigenvalue weighted by Gasteiger charge is 2.34. The lowest BCUT2D eigenvalue weighted by atomic mass is 9.91. The molecule has 0 aliphatic carbocycles. The van der Waals surface area contributed by atoms with Crippen LogP contribution in [0, 0.1) is 11.8 Å². The molecule has 8 heteroatoms. The van der Waals surface area contributed by atoms with Crippen molar-refractivity contribution in [1.29, 1.82) is 0 Å². The summed E-state index contributed by atoms with van der Waals surface area (Å²) in [5.74, 6) is 0.274. The number of rotatable bonds is 8. The maximum Gasteiger partial charge on any atom is 0.341 e. The van der Waals surface area contributed by atoms with Gasteiger partial charge in [-0.05, 0) is 72.9 Å². The molecule has 2 aliphatic rings. The van der Waals surface area contributed by atoms with E-state index in [0.29, 0.717) is 43.7 Å². The molecule has 0 saturated carbocycles. The average molecular weight is 502 g/mol. The summed E-state index contributed by atoms with van der Waals surface area (Å²) in [6.07, 6.45) is 4.43. The number of fused-ring (bicyclic) bond motifs is 1. The van der Waals surface area contributed by atoms with E-state index in [-0.39, 0.29) is 16.4 Å². The number of carbonyl (C=O) groups is 1. The number of hydrogen-bond acceptors (Lipinski definition) is 6. The molecule has 1 fully saturated rings. The zero-order valence-corrected chi connectivity index (χ0v) is 21.6. The van der Waals surface area contributed by atoms with E-state index in [1.165, 1.54) is 29.1 Å². The molecular weight excluding hydrogens is 466 g/mol. The molecule has 2 aromatic carbocycles. The minimum absolute atomic E-state index is 0.0542. The zero-order valence-electron chi connectivity index (χ0n) is 20.8. The summed E-state index contributed by atoms with van der Waals surface area (Å²) in [7, 11) is -2.62. The van der Waals surface area contributed by atoms with Crippen molar-refractivity contribution in [3.63, 3.8) is 0 Å². The number of methoxy groups -OCH3 is 1. The van der Waals surface area contributed by atoms with Gasteiger partial charge in [-0.25, -0.2) is 13.2 Å². The summed E-state index contributed by atoms with van der Waals surface area (Å²) >= 11 is 0. The Morgan fingerprint density at radius 3 is 2.54 bits per heavy atom. The highest BCUT2D eigenvalue weighted by molar-refractivity contribution is 7.92. The number of esters is 1. The van der Waals surface area contributed by atoms with Crippen molar-refractivity contribution >= 4 is 21.7 Å². The summed E-state index contributed by atoms with van der Waals surface area (Å²) in [4.78, 5) is 12.6. The lowest BCUT2D eigenvalue weighted by Crippen LogP contribution is -2.40. The number of anilines is 1. The molecule has 2 aliphatic heterocycles. The minimum Gasteiger partial charge on any atom is -0.492 e. The van der Waals surface area contributed by atoms with E-state index in [9.17, 15) is 13.2 Å². The fourth-order valence-corrected chi connectivity index (χ4v) is 6.39. The van der Waals surface area contributed by atoms with E-state index in [1.54, 1.807) is 6.07 Å². The fraction of sp³-hybridized carbons (Fsp3) is 0.519. The van der Waals surface area contributed by atoms with Crippen molar-refractivity contribution in [2.75, 3.05) is 37.8 Å². The molecule has 190 valence electrons. The number of ether oxygens (including phenoxy) is 3. The molecule has 4 rings (SSSR count). The van der Waals surface area contributed by atoms with Crippen LogP contribution in [0.15, 0.2) is 41.3 Å². The van der Waals surface area contributed by atoms with Crippen molar-refractivity contribution < 1.29 is 27.4 Å². The number of aryl methyl sites for hydroxylation is 1. The first-order chi connectivity index (χ1) is 16.9. The maximum absolute atomic E-state index is 13.9. The highest BCUT2D eigenvalue weighted by atomic mass is 32.2. The molecule has 0 bridgehead atoms. The van der Waals surface area contributed by atoms with Crippen LogP contribution in [0.1, 0.15) is 54.6 Å². The van der Waals surface area contributed by atoms with Gasteiger partial charge in [0.05, 0.1) is 24.3 Å². The van der Waals surface area contributed by atoms with Crippen LogP contribution < -0.4 is 9.04 Å². The van der Waals surface area contributed by atoms with E-state index in [1.807, 2.05) is 12.1 Å². The van der Waals surface area contributed by atoms with Crippen LogP contribution in [-0.4, -0.2) is 47.9 Å². The normalized spacial score (nSPS) is 18.7. The standard InChI is InChI=1S/C27H35NO6S/c1-4-19-6-8-25-22(14-19)15-20(5-2)17-28(25)35(30,31)23-7-9-26(24(16-23)27(29)32-3)34-18-21-10-12-33-13-11-21/h6-9,14,16,20-21H,4-5,10-13,15,17-18H2,1-3H3. The highest BCUT2D eigenvalue weighted by Crippen LogP contribution is 2.37. The van der Waals surface area contributed by atoms with Gasteiger partial charge in [0.25, 0.3) is 10.0 Å². The predicted molar refractivity (Wildman–Crippen MR) is 135 cm³/mol. The van der Waals surface area contributed by atoms with Gasteiger partial charge in [0.1, 0.15) is 11.3 Å². The Bertz CT molecular complexity index is 1160. The SMILES string of the molecule is CCc1ccc2c(c1)CC(CC)CN2S(=O)(=O)c1ccc(OCC2CCOCC2)c(C(=O)OC)c1. The van der Waals surface area contributed by atoms with Crippen LogP contribution in [0.2, 0.25) is 0 Å². The van der Waals surface area contributed by atoms with Crippen LogP contribution in [0.4, 0.5) is 5.69 Å². The maximum atomic E-state index is 13.9. The monoisotopic (exact) mass is 501 g/mol. The summed E-state index contributed by atoms with van der Waals surface area (Å²) in [6, 6.07) is 10.5. The summed E-state index contributed by atoms with van der Waals surface area (Å²) in [5, 5.41) is 0. The van der Waals surface area contributed by atoms with Gasteiger partial charge in [0.2, 0.25) is 0 Å². The zero-order chi connectivity index (χ0) is 25.0. The van der Waals surface area contributed by atoms with Crippen molar-refractivity contribution in [3.05, 3.63) is 53.1 Å². The third kappa shape index (κ3) is 5.48. The molecule has 35 heavy (non-hydrogen) atoms. The fourth-order valence-electron chi connectivity index (χ4n) is 4.79. The van der Waals surface area contributed by atoms with Gasteiger partial charge in [-0.15, -0.1) is 0 Å². The van der Waals surface area contributed by atoms with Gasteiger partial charge in [0, 0.05) is 19.8 Å². The van der Waals surface area contributed by atoms with E-state index in [4.69, 9.17) is 14.2 Å². The van der Waals surface area contributed by atoms with Gasteiger partial charge in [-0.2, -0.15) is 0 Å². The van der Waals surface area contributed by atoms with E-state index >= 15 is 0 Å². The summed E-state index contributed by atoms with van der Waals surface area (Å²) < 4.78 is 45.5. The first kappa shape index (κ1) is 25.5. The molecule has 1 unspecified atom stereocenters. The molecule has 1 saturated heterocycles. The Kier molecular flexibility index (Phi) is 8.02. The molecule has 7 nitrogen and oxygen atoms in total. The van der Waals surface area contributed by atoms with Crippen molar-refractivity contribution in [2.24, 2.45) is 11.8 Å². The Hall–Kier alpha value is -2.58. The second kappa shape index (κ2) is 11.0. The van der Waals surface area contributed by atoms with Crippen molar-refractivity contribution in [2.45, 2.75) is 50.8 Å². The largest absolute Gasteiger partial charge is 0.492 e. The number of sulfonamides is 1. The molecule has 1 atom stereocenters. The van der Waals surface area contributed by atoms with Crippen molar-refractivity contribution in [3.8, 4) is 5.75 Å². The molecule has 0 radical (unpaired) electrons. The Morgan fingerprint density at radius 1 is 1.09 bits per heavy atom. The predicted octanol–water partition coefficient (Wildman–Crippen LogP) is 4.62. The summed E-state index contributed by atoms with van der Waals surface area (Å²) in [5.41, 5.74) is 3.07. The number of benzene rings is 2. The molecule has 0 N–H and O–H groups in total. The first-order valence-corrected chi connectivity index (χ1v) is 13.9. The Balaban J connectivity index is 1.67. The Labute approximate surface area is 208 Å². The second-order valence-electron chi connectivity index (χ2n) is 9.35. The van der Waals surface area contributed by atoms with E-state index < -0.39 is 16.0 Å². The second-order valence-corrected chi connectivity index (χ2v) is 11.2. The minimum atomic E-state index is -3.90. The third-order valence-corrected chi connectivity index (χ3v) is 8.87. The van der Waals surface area contributed by atoms with Crippen LogP contribution in [0.3, 0.4) is 0 Å². The quantitative estimate of drug-likeness (QED) is 0.491. The van der Waals surface area contributed by atoms with Gasteiger partial charge in [0.15, 0.2) is 0 Å². The van der Waals surface area contributed by atoms with Crippen molar-refractivity contribution in [1.82, 2.24) is 0 Å². The van der Waals surface area contributed by atoms with Crippen LogP contribution >= 0.6 is 0 Å². The summed E-state index contributed by atoms with van der Waals surface area (Å²) in [6.45, 7) is 6.43. The number of carbonyl (C=O) groups excluding carboxylic acids is 1. The molecule has 0 amide bonds.